The molecule has 0 unspecified atom stereocenters. The number of amides is 1. The largest absolute Gasteiger partial charge is 0.391 e. The summed E-state index contributed by atoms with van der Waals surface area (Å²) in [4.78, 5) is 30.8. The van der Waals surface area contributed by atoms with Crippen LogP contribution in [-0.2, 0) is 4.74 Å². The summed E-state index contributed by atoms with van der Waals surface area (Å²) in [7, 11) is 3.46. The number of carbonyl (C=O) groups is 1. The van der Waals surface area contributed by atoms with Crippen LogP contribution in [0, 0.1) is 0 Å². The van der Waals surface area contributed by atoms with Crippen LogP contribution in [0.5, 0.6) is 0 Å². The lowest BCUT2D eigenvalue weighted by Crippen LogP contribution is -2.50. The number of nitrogens with one attached hydrogen (secondary N) is 3. The van der Waals surface area contributed by atoms with Gasteiger partial charge in [-0.1, -0.05) is 0 Å². The zero-order valence-corrected chi connectivity index (χ0v) is 19.9. The predicted octanol–water partition coefficient (Wildman–Crippen LogP) is 2.06. The monoisotopic (exact) mass is 481 g/mol. The van der Waals surface area contributed by atoms with Crippen molar-refractivity contribution in [1.29, 1.82) is 0 Å². The van der Waals surface area contributed by atoms with E-state index in [0.717, 1.165) is 32.1 Å². The van der Waals surface area contributed by atoms with Crippen molar-refractivity contribution in [2.45, 2.75) is 62.8 Å². The van der Waals surface area contributed by atoms with Crippen molar-refractivity contribution < 1.29 is 14.6 Å². The number of pyridine rings is 1. The van der Waals surface area contributed by atoms with Gasteiger partial charge in [0.25, 0.3) is 11.5 Å². The fourth-order valence-corrected chi connectivity index (χ4v) is 4.88. The molecule has 2 fully saturated rings. The zero-order chi connectivity index (χ0) is 24.5. The minimum absolute atomic E-state index is 0.0817. The minimum Gasteiger partial charge on any atom is -0.391 e. The molecule has 11 nitrogen and oxygen atoms in total. The lowest BCUT2D eigenvalue weighted by Gasteiger charge is -2.32. The molecule has 186 valence electrons. The van der Waals surface area contributed by atoms with Crippen LogP contribution in [-0.4, -0.2) is 62.6 Å². The Morgan fingerprint density at radius 1 is 1.26 bits per heavy atom. The molecule has 2 aliphatic rings. The van der Waals surface area contributed by atoms with Gasteiger partial charge in [-0.3, -0.25) is 9.59 Å². The maximum atomic E-state index is 13.3. The fourth-order valence-electron chi connectivity index (χ4n) is 4.88. The first-order valence-corrected chi connectivity index (χ1v) is 12.0. The molecule has 2 saturated carbocycles. The first-order chi connectivity index (χ1) is 17.0. The normalized spacial score (nSPS) is 24.1. The standard InChI is InChI=1S/C24H31N7O4/c1-25-21-12-20(29-22-16(13-26-31(21)22)23(33)28-17-8-9-19(17)32)27-18-7-4-10-30(24(18)34)14-5-3-6-15(11-14)35-2/h4,7,10,12-15,17,19,25,32H,3,5-6,8-9,11H2,1-2H3,(H,27,29)(H,28,33)/t14-,15+,17-,19-/m0/s1. The van der Waals surface area contributed by atoms with Crippen LogP contribution in [0.25, 0.3) is 5.65 Å². The molecular weight excluding hydrogens is 450 g/mol. The Morgan fingerprint density at radius 2 is 2.11 bits per heavy atom. The topological polar surface area (TPSA) is 135 Å². The van der Waals surface area contributed by atoms with E-state index in [1.165, 1.54) is 10.7 Å². The van der Waals surface area contributed by atoms with Crippen molar-refractivity contribution in [3.63, 3.8) is 0 Å². The molecule has 0 aromatic carbocycles. The van der Waals surface area contributed by atoms with E-state index in [9.17, 15) is 14.7 Å². The SMILES string of the molecule is CNc1cc(Nc2cccn([C@H]3CCC[C@@H](OC)C3)c2=O)nc2c(C(=O)N[C@H]3CC[C@@H]3O)cnn12. The number of aromatic nitrogens is 4. The molecule has 2 aliphatic carbocycles. The highest BCUT2D eigenvalue weighted by atomic mass is 16.5. The second-order valence-corrected chi connectivity index (χ2v) is 9.23. The third-order valence-electron chi connectivity index (χ3n) is 7.09. The van der Waals surface area contributed by atoms with E-state index in [-0.39, 0.29) is 29.7 Å². The second-order valence-electron chi connectivity index (χ2n) is 9.23. The summed E-state index contributed by atoms with van der Waals surface area (Å²) in [5, 5.41) is 23.2. The number of aliphatic hydroxyl groups excluding tert-OH is 1. The lowest BCUT2D eigenvalue weighted by molar-refractivity contribution is 0.0448. The van der Waals surface area contributed by atoms with Crippen molar-refractivity contribution in [1.82, 2.24) is 24.5 Å². The van der Waals surface area contributed by atoms with Crippen LogP contribution in [0.2, 0.25) is 0 Å². The smallest absolute Gasteiger partial charge is 0.274 e. The Bertz CT molecular complexity index is 1290. The summed E-state index contributed by atoms with van der Waals surface area (Å²) < 4.78 is 8.84. The molecule has 0 radical (unpaired) electrons. The van der Waals surface area contributed by atoms with Crippen LogP contribution >= 0.6 is 0 Å². The number of hydrogen-bond donors (Lipinski definition) is 4. The molecule has 4 N–H and O–H groups in total. The summed E-state index contributed by atoms with van der Waals surface area (Å²) in [6.45, 7) is 0. The van der Waals surface area contributed by atoms with Crippen LogP contribution < -0.4 is 21.5 Å². The summed E-state index contributed by atoms with van der Waals surface area (Å²) in [6.07, 6.45) is 8.09. The van der Waals surface area contributed by atoms with Gasteiger partial charge in [0.2, 0.25) is 0 Å². The molecule has 5 rings (SSSR count). The van der Waals surface area contributed by atoms with E-state index in [0.29, 0.717) is 35.0 Å². The van der Waals surface area contributed by atoms with Gasteiger partial charge in [0.05, 0.1) is 24.4 Å². The lowest BCUT2D eigenvalue weighted by atomic mass is 9.89. The van der Waals surface area contributed by atoms with Crippen LogP contribution in [0.3, 0.4) is 0 Å². The predicted molar refractivity (Wildman–Crippen MR) is 131 cm³/mol. The molecule has 35 heavy (non-hydrogen) atoms. The molecule has 11 heteroatoms. The highest BCUT2D eigenvalue weighted by Gasteiger charge is 2.31. The minimum atomic E-state index is -0.526. The first-order valence-electron chi connectivity index (χ1n) is 12.0. The van der Waals surface area contributed by atoms with Gasteiger partial charge >= 0.3 is 0 Å². The third kappa shape index (κ3) is 4.48. The van der Waals surface area contributed by atoms with E-state index >= 15 is 0 Å². The van der Waals surface area contributed by atoms with Gasteiger partial charge in [0.1, 0.15) is 22.9 Å². The average molecular weight is 482 g/mol. The highest BCUT2D eigenvalue weighted by Crippen LogP contribution is 2.29. The number of aliphatic hydroxyl groups is 1. The van der Waals surface area contributed by atoms with Gasteiger partial charge in [-0.25, -0.2) is 4.98 Å². The molecule has 3 aromatic rings. The Labute approximate surface area is 202 Å². The van der Waals surface area contributed by atoms with Crippen molar-refractivity contribution >= 4 is 28.9 Å². The molecule has 1 amide bonds. The Morgan fingerprint density at radius 3 is 2.83 bits per heavy atom. The number of nitrogens with zero attached hydrogens (tertiary/aromatic N) is 4. The molecule has 3 aromatic heterocycles. The van der Waals surface area contributed by atoms with Gasteiger partial charge < -0.3 is 30.4 Å². The van der Waals surface area contributed by atoms with Crippen LogP contribution in [0.1, 0.15) is 54.9 Å². The molecule has 4 atom stereocenters. The number of ether oxygens (including phenoxy) is 1. The summed E-state index contributed by atoms with van der Waals surface area (Å²) in [5.74, 6) is 0.669. The Balaban J connectivity index is 1.44. The molecule has 0 saturated heterocycles. The van der Waals surface area contributed by atoms with Crippen molar-refractivity contribution in [3.8, 4) is 0 Å². The quantitative estimate of drug-likeness (QED) is 0.403. The number of methoxy groups -OCH3 is 1. The zero-order valence-electron chi connectivity index (χ0n) is 19.9. The maximum Gasteiger partial charge on any atom is 0.274 e. The van der Waals surface area contributed by atoms with E-state index in [2.05, 4.69) is 26.0 Å². The fraction of sp³-hybridized carbons (Fsp3) is 0.500. The van der Waals surface area contributed by atoms with Crippen LogP contribution in [0.4, 0.5) is 17.3 Å². The van der Waals surface area contributed by atoms with E-state index in [1.54, 1.807) is 30.9 Å². The molecule has 0 spiro atoms. The van der Waals surface area contributed by atoms with E-state index in [1.807, 2.05) is 12.3 Å². The van der Waals surface area contributed by atoms with Gasteiger partial charge in [0, 0.05) is 32.5 Å². The van der Waals surface area contributed by atoms with Gasteiger partial charge in [0.15, 0.2) is 5.65 Å². The number of fused-ring (bicyclic) bond motifs is 1. The summed E-state index contributed by atoms with van der Waals surface area (Å²) >= 11 is 0. The third-order valence-corrected chi connectivity index (χ3v) is 7.09. The first kappa shape index (κ1) is 23.3. The van der Waals surface area contributed by atoms with E-state index in [4.69, 9.17) is 4.74 Å². The number of carbonyl (C=O) groups excluding carboxylic acids is 1. The Hall–Kier alpha value is -3.44. The molecular formula is C24H31N7O4. The number of rotatable bonds is 7. The van der Waals surface area contributed by atoms with Gasteiger partial charge in [-0.15, -0.1) is 0 Å². The molecule has 0 bridgehead atoms. The maximum absolute atomic E-state index is 13.3. The van der Waals surface area contributed by atoms with Gasteiger partial charge in [-0.05, 0) is 50.7 Å². The number of anilines is 3. The van der Waals surface area contributed by atoms with E-state index < -0.39 is 6.10 Å². The van der Waals surface area contributed by atoms with Crippen molar-refractivity contribution in [3.05, 3.63) is 46.5 Å². The molecule has 0 aliphatic heterocycles. The summed E-state index contributed by atoms with van der Waals surface area (Å²) in [6, 6.07) is 5.12. The number of hydrogen-bond acceptors (Lipinski definition) is 8. The molecule has 3 heterocycles. The highest BCUT2D eigenvalue weighted by molar-refractivity contribution is 6.00. The summed E-state index contributed by atoms with van der Waals surface area (Å²) in [5.41, 5.74) is 0.904. The average Bonchev–Trinajstić information content (AvgIpc) is 3.31. The van der Waals surface area contributed by atoms with Crippen LogP contribution in [0.15, 0.2) is 35.4 Å². The second kappa shape index (κ2) is 9.67. The van der Waals surface area contributed by atoms with Crippen molar-refractivity contribution in [2.75, 3.05) is 24.8 Å². The Kier molecular flexibility index (Phi) is 6.44. The van der Waals surface area contributed by atoms with Gasteiger partial charge in [-0.2, -0.15) is 9.61 Å². The van der Waals surface area contributed by atoms with Crippen molar-refractivity contribution in [2.24, 2.45) is 0 Å².